The average molecular weight is 293 g/mol. The zero-order valence-electron chi connectivity index (χ0n) is 12.1. The number of nitrogens with one attached hydrogen (secondary N) is 1. The van der Waals surface area contributed by atoms with Crippen LogP contribution in [0, 0.1) is 6.92 Å². The van der Waals surface area contributed by atoms with Crippen LogP contribution >= 0.6 is 0 Å². The van der Waals surface area contributed by atoms with Gasteiger partial charge in [0.15, 0.2) is 0 Å². The molecule has 0 spiro atoms. The predicted molar refractivity (Wildman–Crippen MR) is 82.4 cm³/mol. The lowest BCUT2D eigenvalue weighted by molar-refractivity contribution is -0.116. The van der Waals surface area contributed by atoms with E-state index in [1.807, 2.05) is 60.7 Å². The molecule has 0 saturated heterocycles. The molecule has 110 valence electrons. The van der Waals surface area contributed by atoms with Crippen molar-refractivity contribution in [1.29, 1.82) is 0 Å². The third-order valence-electron chi connectivity index (χ3n) is 3.29. The maximum atomic E-state index is 12.7. The fourth-order valence-corrected chi connectivity index (χ4v) is 2.32. The highest BCUT2D eigenvalue weighted by Crippen LogP contribution is 2.25. The summed E-state index contributed by atoms with van der Waals surface area (Å²) in [7, 11) is 0. The summed E-state index contributed by atoms with van der Waals surface area (Å²) < 4.78 is 4.88. The van der Waals surface area contributed by atoms with Gasteiger partial charge >= 0.3 is 0 Å². The van der Waals surface area contributed by atoms with Crippen molar-refractivity contribution >= 4 is 11.9 Å². The van der Waals surface area contributed by atoms with Crippen LogP contribution < -0.4 is 5.32 Å². The van der Waals surface area contributed by atoms with E-state index in [4.69, 9.17) is 4.52 Å². The smallest absolute Gasteiger partial charge is 0.270 e. The Morgan fingerprint density at radius 3 is 2.00 bits per heavy atom. The molecule has 1 aromatic heterocycles. The Labute approximate surface area is 128 Å². The first kappa shape index (κ1) is 14.0. The van der Waals surface area contributed by atoms with Crippen molar-refractivity contribution in [2.24, 2.45) is 0 Å². The number of benzene rings is 2. The molecule has 2 aromatic carbocycles. The summed E-state index contributed by atoms with van der Waals surface area (Å²) in [6.45, 7) is 1.68. The minimum absolute atomic E-state index is 0.180. The third-order valence-corrected chi connectivity index (χ3v) is 3.29. The molecule has 0 bridgehead atoms. The van der Waals surface area contributed by atoms with E-state index in [-0.39, 0.29) is 11.9 Å². The Kier molecular flexibility index (Phi) is 3.96. The van der Waals surface area contributed by atoms with Gasteiger partial charge in [-0.05, 0) is 16.3 Å². The van der Waals surface area contributed by atoms with E-state index < -0.39 is 5.92 Å². The molecule has 5 nitrogen and oxygen atoms in total. The van der Waals surface area contributed by atoms with Gasteiger partial charge in [0.25, 0.3) is 5.95 Å². The monoisotopic (exact) mass is 293 g/mol. The van der Waals surface area contributed by atoms with E-state index in [0.29, 0.717) is 5.89 Å². The second-order valence-corrected chi connectivity index (χ2v) is 4.88. The highest BCUT2D eigenvalue weighted by atomic mass is 16.5. The molecule has 1 heterocycles. The van der Waals surface area contributed by atoms with Crippen LogP contribution in [0.1, 0.15) is 22.9 Å². The Morgan fingerprint density at radius 2 is 1.55 bits per heavy atom. The molecule has 5 heteroatoms. The van der Waals surface area contributed by atoms with Crippen LogP contribution in [0.15, 0.2) is 65.2 Å². The summed E-state index contributed by atoms with van der Waals surface area (Å²) in [4.78, 5) is 16.7. The molecule has 0 aliphatic rings. The Hall–Kier alpha value is -2.95. The van der Waals surface area contributed by atoms with E-state index in [2.05, 4.69) is 15.5 Å². The summed E-state index contributed by atoms with van der Waals surface area (Å²) in [5.74, 6) is -0.0370. The van der Waals surface area contributed by atoms with Gasteiger partial charge in [-0.15, -0.1) is 0 Å². The van der Waals surface area contributed by atoms with Gasteiger partial charge in [-0.25, -0.2) is 0 Å². The SMILES string of the molecule is Cc1nc(NC(=O)C(c2ccccc2)c2ccccc2)no1. The molecule has 0 radical (unpaired) electrons. The van der Waals surface area contributed by atoms with Crippen molar-refractivity contribution in [3.8, 4) is 0 Å². The zero-order valence-corrected chi connectivity index (χ0v) is 12.1. The van der Waals surface area contributed by atoms with E-state index >= 15 is 0 Å². The van der Waals surface area contributed by atoms with Crippen molar-refractivity contribution in [1.82, 2.24) is 10.1 Å². The van der Waals surface area contributed by atoms with Gasteiger partial charge in [-0.1, -0.05) is 60.7 Å². The second-order valence-electron chi connectivity index (χ2n) is 4.88. The number of carbonyl (C=O) groups is 1. The van der Waals surface area contributed by atoms with Crippen LogP contribution in [0.3, 0.4) is 0 Å². The number of nitrogens with zero attached hydrogens (tertiary/aromatic N) is 2. The molecule has 0 atom stereocenters. The molecule has 3 aromatic rings. The largest absolute Gasteiger partial charge is 0.338 e. The first-order valence-corrected chi connectivity index (χ1v) is 6.95. The average Bonchev–Trinajstić information content (AvgIpc) is 2.95. The maximum Gasteiger partial charge on any atom is 0.270 e. The fourth-order valence-electron chi connectivity index (χ4n) is 2.32. The third kappa shape index (κ3) is 3.03. The molecule has 3 rings (SSSR count). The number of hydrogen-bond acceptors (Lipinski definition) is 4. The minimum Gasteiger partial charge on any atom is -0.338 e. The van der Waals surface area contributed by atoms with Gasteiger partial charge in [-0.2, -0.15) is 4.98 Å². The van der Waals surface area contributed by atoms with Crippen LogP contribution in [0.25, 0.3) is 0 Å². The van der Waals surface area contributed by atoms with Crippen molar-refractivity contribution in [3.05, 3.63) is 77.7 Å². The van der Waals surface area contributed by atoms with Gasteiger partial charge in [-0.3, -0.25) is 10.1 Å². The van der Waals surface area contributed by atoms with Gasteiger partial charge in [0.1, 0.15) is 0 Å². The van der Waals surface area contributed by atoms with E-state index in [0.717, 1.165) is 11.1 Å². The molecule has 22 heavy (non-hydrogen) atoms. The second kappa shape index (κ2) is 6.22. The van der Waals surface area contributed by atoms with Crippen LogP contribution in [-0.2, 0) is 4.79 Å². The summed E-state index contributed by atoms with van der Waals surface area (Å²) in [5, 5.41) is 6.41. The van der Waals surface area contributed by atoms with Crippen LogP contribution in [0.5, 0.6) is 0 Å². The van der Waals surface area contributed by atoms with Crippen LogP contribution in [-0.4, -0.2) is 16.0 Å². The van der Waals surface area contributed by atoms with Gasteiger partial charge < -0.3 is 4.52 Å². The Morgan fingerprint density at radius 1 is 1.00 bits per heavy atom. The van der Waals surface area contributed by atoms with Crippen LogP contribution in [0.4, 0.5) is 5.95 Å². The zero-order chi connectivity index (χ0) is 15.4. The first-order chi connectivity index (χ1) is 10.7. The molecule has 0 saturated carbocycles. The number of aryl methyl sites for hydroxylation is 1. The predicted octanol–water partition coefficient (Wildman–Crippen LogP) is 3.15. The number of aromatic nitrogens is 2. The lowest BCUT2D eigenvalue weighted by Gasteiger charge is -2.16. The van der Waals surface area contributed by atoms with Crippen molar-refractivity contribution in [2.75, 3.05) is 5.32 Å². The molecule has 0 unspecified atom stereocenters. The molecule has 0 fully saturated rings. The number of anilines is 1. The molecular weight excluding hydrogens is 278 g/mol. The summed E-state index contributed by atoms with van der Waals surface area (Å²) in [5.41, 5.74) is 1.82. The molecule has 1 N–H and O–H groups in total. The Balaban J connectivity index is 1.93. The molecule has 1 amide bonds. The maximum absolute atomic E-state index is 12.7. The molecule has 0 aliphatic carbocycles. The lowest BCUT2D eigenvalue weighted by Crippen LogP contribution is -2.22. The number of rotatable bonds is 4. The molecule has 0 aliphatic heterocycles. The summed E-state index contributed by atoms with van der Waals surface area (Å²) in [6.07, 6.45) is 0. The number of amides is 1. The summed E-state index contributed by atoms with van der Waals surface area (Å²) in [6, 6.07) is 19.2. The summed E-state index contributed by atoms with van der Waals surface area (Å²) >= 11 is 0. The number of hydrogen-bond donors (Lipinski definition) is 1. The minimum atomic E-state index is -0.429. The number of carbonyl (C=O) groups excluding carboxylic acids is 1. The normalized spacial score (nSPS) is 10.6. The quantitative estimate of drug-likeness (QED) is 0.802. The van der Waals surface area contributed by atoms with Gasteiger partial charge in [0, 0.05) is 6.92 Å². The highest BCUT2D eigenvalue weighted by Gasteiger charge is 2.23. The van der Waals surface area contributed by atoms with Crippen molar-refractivity contribution in [3.63, 3.8) is 0 Å². The van der Waals surface area contributed by atoms with E-state index in [9.17, 15) is 4.79 Å². The van der Waals surface area contributed by atoms with Crippen LogP contribution in [0.2, 0.25) is 0 Å². The van der Waals surface area contributed by atoms with Crippen molar-refractivity contribution in [2.45, 2.75) is 12.8 Å². The molecular formula is C17H15N3O2. The standard InChI is InChI=1S/C17H15N3O2/c1-12-18-17(20-22-12)19-16(21)15(13-8-4-2-5-9-13)14-10-6-3-7-11-14/h2-11,15H,1H3,(H,19,20,21). The van der Waals surface area contributed by atoms with E-state index in [1.165, 1.54) is 0 Å². The van der Waals surface area contributed by atoms with Gasteiger partial charge in [0.05, 0.1) is 5.92 Å². The lowest BCUT2D eigenvalue weighted by atomic mass is 9.90. The van der Waals surface area contributed by atoms with Gasteiger partial charge in [0.2, 0.25) is 11.8 Å². The Bertz CT molecular complexity index is 714. The first-order valence-electron chi connectivity index (χ1n) is 6.95. The van der Waals surface area contributed by atoms with Crippen molar-refractivity contribution < 1.29 is 9.32 Å². The topological polar surface area (TPSA) is 68.0 Å². The fraction of sp³-hybridized carbons (Fsp3) is 0.118. The van der Waals surface area contributed by atoms with E-state index in [1.54, 1.807) is 6.92 Å². The highest BCUT2D eigenvalue weighted by molar-refractivity contribution is 5.96.